The van der Waals surface area contributed by atoms with Crippen LogP contribution in [0.15, 0.2) is 70.1 Å². The fraction of sp³-hybridized carbons (Fsp3) is 0.0476. The molecule has 128 valence electrons. The molecule has 1 heterocycles. The van der Waals surface area contributed by atoms with Crippen molar-refractivity contribution in [1.82, 2.24) is 4.98 Å². The van der Waals surface area contributed by atoms with E-state index in [9.17, 15) is 5.11 Å². The van der Waals surface area contributed by atoms with Gasteiger partial charge in [0.25, 0.3) is 0 Å². The van der Waals surface area contributed by atoms with E-state index in [1.165, 1.54) is 3.57 Å². The first-order valence-corrected chi connectivity index (χ1v) is 9.16. The van der Waals surface area contributed by atoms with Gasteiger partial charge < -0.3 is 9.52 Å². The van der Waals surface area contributed by atoms with Crippen LogP contribution >= 0.6 is 22.6 Å². The molecule has 0 radical (unpaired) electrons. The van der Waals surface area contributed by atoms with Crippen LogP contribution in [0.4, 0.5) is 5.69 Å². The van der Waals surface area contributed by atoms with Crippen LogP contribution in [0.5, 0.6) is 5.75 Å². The monoisotopic (exact) mass is 454 g/mol. The van der Waals surface area contributed by atoms with Crippen LogP contribution in [0.1, 0.15) is 11.1 Å². The predicted octanol–water partition coefficient (Wildman–Crippen LogP) is 5.86. The summed E-state index contributed by atoms with van der Waals surface area (Å²) in [5.74, 6) is 0.488. The quantitative estimate of drug-likeness (QED) is 0.312. The zero-order chi connectivity index (χ0) is 18.1. The zero-order valence-corrected chi connectivity index (χ0v) is 16.1. The molecule has 4 aromatic rings. The van der Waals surface area contributed by atoms with Gasteiger partial charge in [-0.2, -0.15) is 0 Å². The van der Waals surface area contributed by atoms with Crippen molar-refractivity contribution in [2.45, 2.75) is 6.92 Å². The third-order valence-corrected chi connectivity index (χ3v) is 4.71. The van der Waals surface area contributed by atoms with Crippen molar-refractivity contribution in [3.8, 4) is 17.2 Å². The van der Waals surface area contributed by atoms with Crippen molar-refractivity contribution >= 4 is 45.6 Å². The maximum atomic E-state index is 10.4. The highest BCUT2D eigenvalue weighted by Gasteiger charge is 2.12. The van der Waals surface area contributed by atoms with E-state index in [1.54, 1.807) is 18.3 Å². The summed E-state index contributed by atoms with van der Waals surface area (Å²) in [7, 11) is 0. The zero-order valence-electron chi connectivity index (χ0n) is 14.0. The van der Waals surface area contributed by atoms with E-state index < -0.39 is 0 Å². The normalized spacial score (nSPS) is 11.5. The van der Waals surface area contributed by atoms with Crippen molar-refractivity contribution in [3.05, 3.63) is 75.4 Å². The number of halogens is 1. The van der Waals surface area contributed by atoms with Crippen LogP contribution in [0.2, 0.25) is 0 Å². The van der Waals surface area contributed by atoms with E-state index >= 15 is 0 Å². The summed E-state index contributed by atoms with van der Waals surface area (Å²) in [6.45, 7) is 2.01. The number of fused-ring (bicyclic) bond motifs is 1. The van der Waals surface area contributed by atoms with Gasteiger partial charge in [0.05, 0.1) is 11.3 Å². The topological polar surface area (TPSA) is 58.6 Å². The molecule has 0 fully saturated rings. The number of rotatable bonds is 3. The number of oxazole rings is 1. The molecular weight excluding hydrogens is 439 g/mol. The van der Waals surface area contributed by atoms with Gasteiger partial charge in [-0.1, -0.05) is 18.2 Å². The van der Waals surface area contributed by atoms with Crippen LogP contribution in [0.25, 0.3) is 22.6 Å². The lowest BCUT2D eigenvalue weighted by Crippen LogP contribution is -1.82. The lowest BCUT2D eigenvalue weighted by atomic mass is 10.2. The first-order valence-electron chi connectivity index (χ1n) is 8.09. The van der Waals surface area contributed by atoms with Gasteiger partial charge in [0.1, 0.15) is 11.3 Å². The summed E-state index contributed by atoms with van der Waals surface area (Å²) < 4.78 is 6.94. The molecule has 0 unspecified atom stereocenters. The summed E-state index contributed by atoms with van der Waals surface area (Å²) in [5.41, 5.74) is 4.81. The molecule has 26 heavy (non-hydrogen) atoms. The Kier molecular flexibility index (Phi) is 4.46. The smallest absolute Gasteiger partial charge is 0.231 e. The minimum absolute atomic E-state index is 0.0885. The number of phenolic OH excluding ortho intramolecular Hbond substituents is 1. The molecule has 3 aromatic carbocycles. The molecule has 0 atom stereocenters. The molecule has 0 spiro atoms. The Labute approximate surface area is 164 Å². The molecule has 0 aliphatic carbocycles. The number of aromatic hydroxyl groups is 1. The molecule has 4 nitrogen and oxygen atoms in total. The second-order valence-electron chi connectivity index (χ2n) is 6.00. The summed E-state index contributed by atoms with van der Waals surface area (Å²) >= 11 is 2.26. The van der Waals surface area contributed by atoms with Gasteiger partial charge >= 0.3 is 0 Å². The van der Waals surface area contributed by atoms with Gasteiger partial charge in [0.15, 0.2) is 5.58 Å². The highest BCUT2D eigenvalue weighted by atomic mass is 127. The van der Waals surface area contributed by atoms with E-state index in [2.05, 4.69) is 32.6 Å². The van der Waals surface area contributed by atoms with Gasteiger partial charge in [-0.3, -0.25) is 4.99 Å². The largest absolute Gasteiger partial charge is 0.507 e. The molecule has 0 saturated heterocycles. The number of nitrogens with zero attached hydrogens (tertiary/aromatic N) is 2. The van der Waals surface area contributed by atoms with Gasteiger partial charge in [-0.25, -0.2) is 4.98 Å². The molecule has 4 rings (SSSR count). The fourth-order valence-electron chi connectivity index (χ4n) is 2.63. The van der Waals surface area contributed by atoms with E-state index in [0.29, 0.717) is 22.7 Å². The number of hydrogen-bond acceptors (Lipinski definition) is 4. The lowest BCUT2D eigenvalue weighted by Gasteiger charge is -2.01. The summed E-state index contributed by atoms with van der Waals surface area (Å²) in [5, 5.41) is 10.4. The standard InChI is InChI=1S/C21H15IN2O2/c1-13-2-9-20-18(10-13)24-21(26-20)17-8-7-16(11-19(17)25)23-12-14-3-5-15(22)6-4-14/h2-12,25H,1H3. The number of benzene rings is 3. The van der Waals surface area contributed by atoms with Crippen molar-refractivity contribution in [3.63, 3.8) is 0 Å². The van der Waals surface area contributed by atoms with Crippen molar-refractivity contribution < 1.29 is 9.52 Å². The van der Waals surface area contributed by atoms with E-state index in [4.69, 9.17) is 4.42 Å². The second-order valence-corrected chi connectivity index (χ2v) is 7.25. The Hall–Kier alpha value is -2.67. The average Bonchev–Trinajstić information content (AvgIpc) is 3.04. The number of phenols is 1. The molecule has 5 heteroatoms. The lowest BCUT2D eigenvalue weighted by molar-refractivity contribution is 0.474. The van der Waals surface area contributed by atoms with Crippen LogP contribution in [-0.4, -0.2) is 16.3 Å². The molecule has 0 amide bonds. The third-order valence-electron chi connectivity index (χ3n) is 3.99. The first kappa shape index (κ1) is 16.8. The van der Waals surface area contributed by atoms with Crippen LogP contribution in [0.3, 0.4) is 0 Å². The second kappa shape index (κ2) is 6.92. The van der Waals surface area contributed by atoms with E-state index in [0.717, 1.165) is 16.6 Å². The minimum atomic E-state index is 0.0885. The molecule has 0 aliphatic heterocycles. The van der Waals surface area contributed by atoms with Crippen LogP contribution < -0.4 is 0 Å². The Morgan fingerprint density at radius 1 is 1.04 bits per heavy atom. The highest BCUT2D eigenvalue weighted by Crippen LogP contribution is 2.34. The van der Waals surface area contributed by atoms with Crippen LogP contribution in [-0.2, 0) is 0 Å². The molecule has 1 aromatic heterocycles. The Morgan fingerprint density at radius 3 is 2.62 bits per heavy atom. The van der Waals surface area contributed by atoms with Crippen molar-refractivity contribution in [1.29, 1.82) is 0 Å². The molecular formula is C21H15IN2O2. The first-order chi connectivity index (χ1) is 12.6. The Morgan fingerprint density at radius 2 is 1.85 bits per heavy atom. The minimum Gasteiger partial charge on any atom is -0.507 e. The number of hydrogen-bond donors (Lipinski definition) is 1. The highest BCUT2D eigenvalue weighted by molar-refractivity contribution is 14.1. The summed E-state index contributed by atoms with van der Waals surface area (Å²) in [4.78, 5) is 8.89. The molecule has 0 aliphatic rings. The maximum Gasteiger partial charge on any atom is 0.231 e. The number of aromatic nitrogens is 1. The van der Waals surface area contributed by atoms with E-state index in [1.807, 2.05) is 55.5 Å². The van der Waals surface area contributed by atoms with Gasteiger partial charge in [0, 0.05) is 15.9 Å². The summed E-state index contributed by atoms with van der Waals surface area (Å²) in [6.07, 6.45) is 1.77. The molecule has 1 N–H and O–H groups in total. The molecule has 0 saturated carbocycles. The molecule has 0 bridgehead atoms. The third kappa shape index (κ3) is 3.48. The SMILES string of the molecule is Cc1ccc2oc(-c3ccc(N=Cc4ccc(I)cc4)cc3O)nc2c1. The number of aliphatic imine (C=N–C) groups is 1. The maximum absolute atomic E-state index is 10.4. The summed E-state index contributed by atoms with van der Waals surface area (Å²) in [6, 6.07) is 19.1. The Balaban J connectivity index is 1.63. The van der Waals surface area contributed by atoms with Gasteiger partial charge in [-0.05, 0) is 77.0 Å². The predicted molar refractivity (Wildman–Crippen MR) is 112 cm³/mol. The van der Waals surface area contributed by atoms with Crippen LogP contribution in [0, 0.1) is 10.5 Å². The van der Waals surface area contributed by atoms with Crippen molar-refractivity contribution in [2.24, 2.45) is 4.99 Å². The average molecular weight is 454 g/mol. The van der Waals surface area contributed by atoms with Gasteiger partial charge in [-0.15, -0.1) is 0 Å². The van der Waals surface area contributed by atoms with E-state index in [-0.39, 0.29) is 5.75 Å². The van der Waals surface area contributed by atoms with Gasteiger partial charge in [0.2, 0.25) is 5.89 Å². The fourth-order valence-corrected chi connectivity index (χ4v) is 2.99. The number of aryl methyl sites for hydroxylation is 1. The Bertz CT molecular complexity index is 1110. The van der Waals surface area contributed by atoms with Crippen molar-refractivity contribution in [2.75, 3.05) is 0 Å².